The van der Waals surface area contributed by atoms with Crippen molar-refractivity contribution in [1.82, 2.24) is 0 Å². The van der Waals surface area contributed by atoms with Crippen molar-refractivity contribution in [3.05, 3.63) is 72.8 Å². The minimum absolute atomic E-state index is 0.444. The molecule has 37 heavy (non-hydrogen) atoms. The molecule has 5 aromatic rings. The summed E-state index contributed by atoms with van der Waals surface area (Å²) in [4.78, 5) is 42.7. The predicted octanol–water partition coefficient (Wildman–Crippen LogP) is 4.00. The van der Waals surface area contributed by atoms with Gasteiger partial charge in [-0.2, -0.15) is 0 Å². The molecule has 0 aliphatic heterocycles. The fourth-order valence-electron chi connectivity index (χ4n) is 4.85. The molecular weight excluding hydrogens is 473 g/mol. The van der Waals surface area contributed by atoms with Crippen LogP contribution in [0.1, 0.15) is 0 Å². The standard InChI is InChI=1S/C20H12.C6H6B3O8/c1-5-13-6-2-11-17-18-12-4-8-14-7-3-10-16(20(14)18)15(9-1)19(13)17;7-8-9(6(16)17)2(5(14)15)1(3(10)11)4(12)13/h1-12H;1-2H,(H,10,11)(H,12,13)(H,14,15)(H,16,17). The Morgan fingerprint density at radius 1 is 0.622 bits per heavy atom. The fraction of sp³-hybridized carbons (Fsp3) is 0.0769. The van der Waals surface area contributed by atoms with E-state index >= 15 is 0 Å². The van der Waals surface area contributed by atoms with Gasteiger partial charge >= 0.3 is 17.9 Å². The molecule has 179 valence electrons. The molecule has 5 rings (SSSR count). The lowest BCUT2D eigenvalue weighted by Gasteiger charge is -2.20. The molecule has 4 N–H and O–H groups in total. The summed E-state index contributed by atoms with van der Waals surface area (Å²) in [6, 6.07) is 26.4. The molecule has 0 bridgehead atoms. The lowest BCUT2D eigenvalue weighted by Crippen LogP contribution is -2.48. The summed E-state index contributed by atoms with van der Waals surface area (Å²) in [5.41, 5.74) is 0. The van der Waals surface area contributed by atoms with Crippen LogP contribution in [0.2, 0.25) is 5.82 Å². The SMILES string of the molecule is [B][B]B(C(=O)O)C(C(=O)O)C(C(=O)O)C(=O)O.c1cc2cccc3c4cccc5cccc(c(c1)c23)c54. The van der Waals surface area contributed by atoms with Crippen LogP contribution in [0.4, 0.5) is 4.79 Å². The monoisotopic (exact) mass is 491 g/mol. The van der Waals surface area contributed by atoms with Crippen molar-refractivity contribution < 1.29 is 39.6 Å². The van der Waals surface area contributed by atoms with Gasteiger partial charge in [-0.1, -0.05) is 72.8 Å². The highest BCUT2D eigenvalue weighted by Gasteiger charge is 2.48. The molecule has 11 heteroatoms. The molecule has 1 unspecified atom stereocenters. The summed E-state index contributed by atoms with van der Waals surface area (Å²) in [5, 5.41) is 45.4. The van der Waals surface area contributed by atoms with Crippen LogP contribution < -0.4 is 0 Å². The van der Waals surface area contributed by atoms with E-state index in [0.29, 0.717) is 7.06 Å². The van der Waals surface area contributed by atoms with Crippen molar-refractivity contribution >= 4 is 88.3 Å². The van der Waals surface area contributed by atoms with E-state index in [9.17, 15) is 19.2 Å². The van der Waals surface area contributed by atoms with Crippen LogP contribution in [0.5, 0.6) is 0 Å². The van der Waals surface area contributed by atoms with Gasteiger partial charge in [0.1, 0.15) is 0 Å². The Morgan fingerprint density at radius 3 is 1.22 bits per heavy atom. The van der Waals surface area contributed by atoms with Gasteiger partial charge in [0.2, 0.25) is 12.5 Å². The minimum Gasteiger partial charge on any atom is -0.490 e. The van der Waals surface area contributed by atoms with Gasteiger partial charge in [0.25, 0.3) is 0 Å². The Balaban J connectivity index is 0.000000177. The van der Waals surface area contributed by atoms with E-state index in [1.807, 2.05) is 0 Å². The zero-order valence-electron chi connectivity index (χ0n) is 19.2. The fourth-order valence-corrected chi connectivity index (χ4v) is 4.85. The average molecular weight is 491 g/mol. The number of rotatable bonds is 7. The smallest absolute Gasteiger partial charge is 0.318 e. The third-order valence-electron chi connectivity index (χ3n) is 6.45. The first-order valence-corrected chi connectivity index (χ1v) is 11.2. The largest absolute Gasteiger partial charge is 0.490 e. The normalized spacial score (nSPS) is 11.8. The second-order valence-electron chi connectivity index (χ2n) is 8.49. The van der Waals surface area contributed by atoms with Crippen LogP contribution in [0.15, 0.2) is 72.8 Å². The first kappa shape index (κ1) is 25.6. The molecule has 0 amide bonds. The summed E-state index contributed by atoms with van der Waals surface area (Å²) in [5.74, 6) is -12.1. The minimum atomic E-state index is -2.40. The molecule has 0 spiro atoms. The Labute approximate surface area is 212 Å². The summed E-state index contributed by atoms with van der Waals surface area (Å²) in [6.45, 7) is -1.91. The van der Waals surface area contributed by atoms with E-state index in [0.717, 1.165) is 0 Å². The Morgan fingerprint density at radius 2 is 0.973 bits per heavy atom. The van der Waals surface area contributed by atoms with Crippen molar-refractivity contribution in [1.29, 1.82) is 0 Å². The van der Waals surface area contributed by atoms with E-state index < -0.39 is 42.1 Å². The lowest BCUT2D eigenvalue weighted by molar-refractivity contribution is -0.159. The quantitative estimate of drug-likeness (QED) is 0.116. The van der Waals surface area contributed by atoms with E-state index in [1.54, 1.807) is 0 Å². The molecule has 1 atom stereocenters. The highest BCUT2D eigenvalue weighted by molar-refractivity contribution is 7.41. The average Bonchev–Trinajstić information content (AvgIpc) is 2.86. The van der Waals surface area contributed by atoms with Crippen molar-refractivity contribution in [2.75, 3.05) is 0 Å². The van der Waals surface area contributed by atoms with Crippen LogP contribution in [-0.2, 0) is 14.4 Å². The van der Waals surface area contributed by atoms with E-state index in [-0.39, 0.29) is 0 Å². The topological polar surface area (TPSA) is 149 Å². The lowest BCUT2D eigenvalue weighted by atomic mass is 9.09. The molecule has 0 aliphatic carbocycles. The van der Waals surface area contributed by atoms with E-state index in [1.165, 1.54) is 43.1 Å². The zero-order chi connectivity index (χ0) is 26.9. The number of carboxylic acids is 3. The number of aliphatic carboxylic acids is 3. The number of hydrogen-bond acceptors (Lipinski definition) is 4. The summed E-state index contributed by atoms with van der Waals surface area (Å²) >= 11 is 0. The third kappa shape index (κ3) is 4.56. The molecule has 0 fully saturated rings. The van der Waals surface area contributed by atoms with Crippen molar-refractivity contribution in [3.63, 3.8) is 0 Å². The van der Waals surface area contributed by atoms with Gasteiger partial charge in [0.05, 0.1) is 5.82 Å². The zero-order valence-corrected chi connectivity index (χ0v) is 19.2. The van der Waals surface area contributed by atoms with E-state index in [4.69, 9.17) is 28.2 Å². The van der Waals surface area contributed by atoms with E-state index in [2.05, 4.69) is 72.8 Å². The summed E-state index contributed by atoms with van der Waals surface area (Å²) in [7, 11) is 5.34. The Hall–Kier alpha value is -4.53. The van der Waals surface area contributed by atoms with Gasteiger partial charge in [0, 0.05) is 14.8 Å². The maximum absolute atomic E-state index is 10.8. The number of carboxylic acid groups (broad SMARTS) is 4. The Bertz CT molecular complexity index is 1480. The van der Waals surface area contributed by atoms with Gasteiger partial charge in [-0.3, -0.25) is 19.2 Å². The molecular formula is C26H18B3O8. The first-order chi connectivity index (χ1) is 17.7. The maximum Gasteiger partial charge on any atom is 0.318 e. The number of fused-ring (bicyclic) bond motifs is 2. The molecule has 0 aliphatic rings. The molecule has 0 saturated carbocycles. The summed E-state index contributed by atoms with van der Waals surface area (Å²) < 4.78 is 0. The number of benzene rings is 5. The molecule has 0 aromatic heterocycles. The van der Waals surface area contributed by atoms with Crippen molar-refractivity contribution in [2.45, 2.75) is 5.82 Å². The van der Waals surface area contributed by atoms with Crippen LogP contribution in [0.3, 0.4) is 0 Å². The predicted molar refractivity (Wildman–Crippen MR) is 143 cm³/mol. The second kappa shape index (κ2) is 10.2. The Kier molecular flexibility index (Phi) is 7.06. The first-order valence-electron chi connectivity index (χ1n) is 11.2. The highest BCUT2D eigenvalue weighted by atomic mass is 16.4. The van der Waals surface area contributed by atoms with Crippen LogP contribution in [0, 0.1) is 5.92 Å². The summed E-state index contributed by atoms with van der Waals surface area (Å²) in [6.07, 6.45) is 0. The maximum atomic E-state index is 10.8. The molecule has 5 aromatic carbocycles. The van der Waals surface area contributed by atoms with Gasteiger partial charge in [-0.25, -0.2) is 0 Å². The van der Waals surface area contributed by atoms with Crippen molar-refractivity contribution in [2.24, 2.45) is 5.92 Å². The highest BCUT2D eigenvalue weighted by Crippen LogP contribution is 2.39. The van der Waals surface area contributed by atoms with Crippen LogP contribution >= 0.6 is 0 Å². The van der Waals surface area contributed by atoms with Gasteiger partial charge < -0.3 is 20.4 Å². The molecule has 8 nitrogen and oxygen atoms in total. The number of carbonyl (C=O) groups is 4. The molecule has 0 heterocycles. The van der Waals surface area contributed by atoms with Gasteiger partial charge in [-0.05, 0) is 43.1 Å². The van der Waals surface area contributed by atoms with Gasteiger partial charge in [0.15, 0.2) is 5.92 Å². The van der Waals surface area contributed by atoms with Crippen molar-refractivity contribution in [3.8, 4) is 0 Å². The molecule has 0 saturated heterocycles. The van der Waals surface area contributed by atoms with Gasteiger partial charge in [-0.15, -0.1) is 0 Å². The van der Waals surface area contributed by atoms with Crippen LogP contribution in [0.25, 0.3) is 43.1 Å². The molecule has 3 radical (unpaired) electrons. The third-order valence-corrected chi connectivity index (χ3v) is 6.45. The van der Waals surface area contributed by atoms with Crippen LogP contribution in [-0.4, -0.2) is 65.6 Å². The second-order valence-corrected chi connectivity index (χ2v) is 8.49. The number of hydrogen-bond donors (Lipinski definition) is 4.